The molecule has 4 fully saturated rings. The van der Waals surface area contributed by atoms with Gasteiger partial charge in [-0.25, -0.2) is 13.2 Å². The number of benzene rings is 2. The maximum atomic E-state index is 16.8. The summed E-state index contributed by atoms with van der Waals surface area (Å²) < 4.78 is 56.0. The molecule has 6 heterocycles. The fourth-order valence-corrected chi connectivity index (χ4v) is 8.47. The maximum absolute atomic E-state index is 16.8. The summed E-state index contributed by atoms with van der Waals surface area (Å²) in [7, 11) is 1.85. The smallest absolute Gasteiger partial charge is 0.319 e. The molecule has 0 spiro atoms. The molecule has 0 radical (unpaired) electrons. The molecule has 1 amide bonds. The highest BCUT2D eigenvalue weighted by atomic mass is 35.5. The number of hydrogen-bond donors (Lipinski definition) is 0. The Bertz CT molecular complexity index is 2260. The van der Waals surface area contributed by atoms with E-state index in [2.05, 4.69) is 25.0 Å². The summed E-state index contributed by atoms with van der Waals surface area (Å²) >= 11 is 6.61. The van der Waals surface area contributed by atoms with Gasteiger partial charge in [-0.3, -0.25) is 14.7 Å². The fourth-order valence-electron chi connectivity index (χ4n) is 8.19. The van der Waals surface area contributed by atoms with Crippen LogP contribution in [-0.4, -0.2) is 105 Å². The molecule has 15 heteroatoms. The highest BCUT2D eigenvalue weighted by molar-refractivity contribution is 6.36. The van der Waals surface area contributed by atoms with Crippen LogP contribution in [0, 0.1) is 11.7 Å². The Morgan fingerprint density at radius 1 is 1.15 bits per heavy atom. The lowest BCUT2D eigenvalue weighted by Gasteiger charge is -2.40. The maximum Gasteiger partial charge on any atom is 0.319 e. The summed E-state index contributed by atoms with van der Waals surface area (Å²) in [5.41, 5.74) is 0.239. The number of ether oxygens (including phenoxy) is 1. The second kappa shape index (κ2) is 13.2. The van der Waals surface area contributed by atoms with Crippen molar-refractivity contribution in [2.24, 2.45) is 5.92 Å². The number of anilines is 1. The van der Waals surface area contributed by atoms with Crippen LogP contribution in [0.25, 0.3) is 39.0 Å². The number of halogens is 4. The molecule has 1 aliphatic carbocycles. The minimum Gasteiger partial charge on any atom is -0.461 e. The number of alkyl halides is 2. The third-order valence-electron chi connectivity index (χ3n) is 11.0. The average Bonchev–Trinajstić information content (AvgIpc) is 3.40. The van der Waals surface area contributed by atoms with Gasteiger partial charge in [0.2, 0.25) is 5.91 Å². The number of nitrogens with zero attached hydrogens (tertiary/aromatic N) is 8. The predicted octanol–water partition coefficient (Wildman–Crippen LogP) is 6.41. The van der Waals surface area contributed by atoms with Crippen molar-refractivity contribution in [3.8, 4) is 17.3 Å². The van der Waals surface area contributed by atoms with Gasteiger partial charge in [0.25, 0.3) is 5.89 Å². The van der Waals surface area contributed by atoms with Gasteiger partial charge < -0.3 is 19.1 Å². The lowest BCUT2D eigenvalue weighted by atomic mass is 9.95. The Balaban J connectivity index is 0.974. The van der Waals surface area contributed by atoms with E-state index in [0.717, 1.165) is 24.8 Å². The van der Waals surface area contributed by atoms with Crippen molar-refractivity contribution in [2.45, 2.75) is 49.5 Å². The van der Waals surface area contributed by atoms with Crippen LogP contribution in [0.15, 0.2) is 53.2 Å². The SMILES string of the molecule is CN(CC1CN(C(=O)/C=C/c2nc([C@H]3C[C@@H]3F)no2)C1)c1nc(OC[C@@]23CCCN2C[C@H](F)C3)nc2c(F)c(-c3cccc4cccc(Cl)c34)ncc12. The largest absolute Gasteiger partial charge is 0.461 e. The number of hydrogen-bond acceptors (Lipinski definition) is 10. The molecule has 3 saturated heterocycles. The van der Waals surface area contributed by atoms with Gasteiger partial charge in [-0.15, -0.1) is 0 Å². The predicted molar refractivity (Wildman–Crippen MR) is 193 cm³/mol. The van der Waals surface area contributed by atoms with E-state index in [1.165, 1.54) is 12.2 Å². The molecule has 53 heavy (non-hydrogen) atoms. The van der Waals surface area contributed by atoms with Crippen LogP contribution in [0.1, 0.15) is 43.3 Å². The lowest BCUT2D eigenvalue weighted by Crippen LogP contribution is -2.53. The Morgan fingerprint density at radius 2 is 1.96 bits per heavy atom. The Hall–Kier alpha value is -4.82. The van der Waals surface area contributed by atoms with Gasteiger partial charge >= 0.3 is 6.01 Å². The summed E-state index contributed by atoms with van der Waals surface area (Å²) in [5.74, 6) is -0.176. The van der Waals surface area contributed by atoms with Crippen molar-refractivity contribution < 1.29 is 27.2 Å². The lowest BCUT2D eigenvalue weighted by molar-refractivity contribution is -0.131. The number of amides is 1. The van der Waals surface area contributed by atoms with Gasteiger partial charge in [-0.1, -0.05) is 47.1 Å². The van der Waals surface area contributed by atoms with Crippen molar-refractivity contribution in [3.63, 3.8) is 0 Å². The molecule has 1 saturated carbocycles. The van der Waals surface area contributed by atoms with Crippen molar-refractivity contribution in [1.29, 1.82) is 0 Å². The number of pyridine rings is 1. The van der Waals surface area contributed by atoms with Crippen LogP contribution in [-0.2, 0) is 4.79 Å². The van der Waals surface area contributed by atoms with Gasteiger partial charge in [0.05, 0.1) is 16.8 Å². The molecule has 0 unspecified atom stereocenters. The number of likely N-dealkylation sites (tertiary alicyclic amines) is 1. The van der Waals surface area contributed by atoms with E-state index in [9.17, 15) is 13.6 Å². The van der Waals surface area contributed by atoms with Crippen molar-refractivity contribution in [1.82, 2.24) is 34.9 Å². The summed E-state index contributed by atoms with van der Waals surface area (Å²) in [6.45, 7) is 2.85. The minimum atomic E-state index is -0.941. The van der Waals surface area contributed by atoms with Gasteiger partial charge in [0.1, 0.15) is 36.0 Å². The Labute approximate surface area is 307 Å². The molecule has 2 aromatic carbocycles. The molecular weight excluding hydrogens is 709 g/mol. The third kappa shape index (κ3) is 6.25. The molecule has 11 nitrogen and oxygen atoms in total. The first-order valence-electron chi connectivity index (χ1n) is 17.9. The molecular formula is C38H36ClF3N8O3. The van der Waals surface area contributed by atoms with Crippen LogP contribution in [0.5, 0.6) is 6.01 Å². The Kier molecular flexibility index (Phi) is 8.49. The molecule has 5 aromatic rings. The van der Waals surface area contributed by atoms with Gasteiger partial charge in [0, 0.05) is 79.9 Å². The van der Waals surface area contributed by atoms with Crippen molar-refractivity contribution in [2.75, 3.05) is 51.3 Å². The zero-order chi connectivity index (χ0) is 36.4. The molecule has 0 N–H and O–H groups in total. The molecule has 3 aromatic heterocycles. The normalized spacial score (nSPS) is 24.3. The third-order valence-corrected chi connectivity index (χ3v) is 11.3. The van der Waals surface area contributed by atoms with E-state index in [1.807, 2.05) is 36.2 Å². The van der Waals surface area contributed by atoms with E-state index in [1.54, 1.807) is 23.2 Å². The number of carbonyl (C=O) groups excluding carboxylic acids is 1. The average molecular weight is 745 g/mol. The van der Waals surface area contributed by atoms with E-state index in [0.29, 0.717) is 72.0 Å². The van der Waals surface area contributed by atoms with E-state index in [-0.39, 0.29) is 47.5 Å². The summed E-state index contributed by atoms with van der Waals surface area (Å²) in [4.78, 5) is 36.7. The zero-order valence-electron chi connectivity index (χ0n) is 28.9. The molecule has 9 rings (SSSR count). The summed E-state index contributed by atoms with van der Waals surface area (Å²) in [6.07, 6.45) is 5.03. The topological polar surface area (TPSA) is 114 Å². The quantitative estimate of drug-likeness (QED) is 0.149. The molecule has 0 bridgehead atoms. The molecule has 4 atom stereocenters. The van der Waals surface area contributed by atoms with Crippen LogP contribution in [0.2, 0.25) is 5.02 Å². The molecule has 274 valence electrons. The van der Waals surface area contributed by atoms with Gasteiger partial charge in [-0.2, -0.15) is 15.0 Å². The van der Waals surface area contributed by atoms with Crippen molar-refractivity contribution >= 4 is 51.1 Å². The number of carbonyl (C=O) groups is 1. The van der Waals surface area contributed by atoms with E-state index >= 15 is 4.39 Å². The first-order valence-corrected chi connectivity index (χ1v) is 18.3. The highest BCUT2D eigenvalue weighted by Gasteiger charge is 2.49. The number of aromatic nitrogens is 5. The highest BCUT2D eigenvalue weighted by Crippen LogP contribution is 2.43. The second-order valence-electron chi connectivity index (χ2n) is 14.7. The second-order valence-corrected chi connectivity index (χ2v) is 15.1. The van der Waals surface area contributed by atoms with Gasteiger partial charge in [-0.05, 0) is 37.3 Å². The fraction of sp³-hybridized carbons (Fsp3) is 0.421. The van der Waals surface area contributed by atoms with Crippen LogP contribution in [0.4, 0.5) is 19.0 Å². The molecule has 4 aliphatic rings. The minimum absolute atomic E-state index is 0.00154. The number of rotatable bonds is 10. The van der Waals surface area contributed by atoms with E-state index in [4.69, 9.17) is 25.8 Å². The molecule has 3 aliphatic heterocycles. The summed E-state index contributed by atoms with van der Waals surface area (Å²) in [6, 6.07) is 11.0. The summed E-state index contributed by atoms with van der Waals surface area (Å²) in [5, 5.41) is 6.21. The monoisotopic (exact) mass is 744 g/mol. The van der Waals surface area contributed by atoms with Crippen LogP contribution < -0.4 is 9.64 Å². The first-order chi connectivity index (χ1) is 25.7. The van der Waals surface area contributed by atoms with Crippen LogP contribution in [0.3, 0.4) is 0 Å². The van der Waals surface area contributed by atoms with Gasteiger partial charge in [0.15, 0.2) is 11.6 Å². The van der Waals surface area contributed by atoms with Crippen LogP contribution >= 0.6 is 11.6 Å². The van der Waals surface area contributed by atoms with E-state index < -0.39 is 23.7 Å². The number of fused-ring (bicyclic) bond motifs is 3. The first kappa shape index (κ1) is 34.0. The zero-order valence-corrected chi connectivity index (χ0v) is 29.6. The standard InChI is InChI=1S/C38H36ClF3N8O3/c1-48(16-21-17-49(18-21)30(51)10-9-29-44-35(47-53-29)25-13-28(25)41)36-26-15-43-33(24-7-2-5-22-6-3-8-27(39)31(22)24)32(42)34(26)45-37(46-36)52-20-38-11-4-12-50(38)19-23(40)14-38/h2-3,5-10,15,21,23,25,28H,4,11-14,16-20H2,1H3/b10-9+/t23-,25+,28+,38+/m1/s1. The van der Waals surface area contributed by atoms with Crippen molar-refractivity contribution in [3.05, 3.63) is 71.2 Å². The Morgan fingerprint density at radius 3 is 2.77 bits per heavy atom.